The van der Waals surface area contributed by atoms with Gasteiger partial charge in [0.1, 0.15) is 5.69 Å². The van der Waals surface area contributed by atoms with Gasteiger partial charge in [0.25, 0.3) is 0 Å². The summed E-state index contributed by atoms with van der Waals surface area (Å²) in [5.74, 6) is -1.52. The molecule has 5 heteroatoms. The van der Waals surface area contributed by atoms with Crippen LogP contribution in [0.4, 0.5) is 14.5 Å². The van der Waals surface area contributed by atoms with Crippen molar-refractivity contribution in [2.24, 2.45) is 5.92 Å². The molecule has 1 aliphatic heterocycles. The van der Waals surface area contributed by atoms with Crippen LogP contribution in [0.1, 0.15) is 32.8 Å². The Morgan fingerprint density at radius 2 is 1.90 bits per heavy atom. The monoisotopic (exact) mass is 280 g/mol. The molecule has 1 saturated heterocycles. The number of rotatable bonds is 2. The quantitative estimate of drug-likeness (QED) is 0.906. The van der Waals surface area contributed by atoms with Crippen LogP contribution in [0.2, 0.25) is 0 Å². The van der Waals surface area contributed by atoms with Crippen LogP contribution in [0.5, 0.6) is 0 Å². The van der Waals surface area contributed by atoms with E-state index in [2.05, 4.69) is 0 Å². The average molecular weight is 280 g/mol. The van der Waals surface area contributed by atoms with E-state index in [-0.39, 0.29) is 23.2 Å². The van der Waals surface area contributed by atoms with Crippen LogP contribution in [0, 0.1) is 28.9 Å². The van der Waals surface area contributed by atoms with E-state index in [1.165, 1.54) is 0 Å². The van der Waals surface area contributed by atoms with Crippen molar-refractivity contribution in [2.45, 2.75) is 38.8 Å². The van der Waals surface area contributed by atoms with Crippen molar-refractivity contribution >= 4 is 5.69 Å². The summed E-state index contributed by atoms with van der Waals surface area (Å²) in [6.07, 6.45) is 0.670. The topological polar surface area (TPSA) is 47.3 Å². The van der Waals surface area contributed by atoms with Crippen molar-refractivity contribution in [3.63, 3.8) is 0 Å². The maximum atomic E-state index is 14.1. The van der Waals surface area contributed by atoms with Crippen molar-refractivity contribution in [1.29, 1.82) is 5.26 Å². The highest BCUT2D eigenvalue weighted by atomic mass is 19.1. The first kappa shape index (κ1) is 14.7. The van der Waals surface area contributed by atoms with E-state index in [1.807, 2.05) is 6.92 Å². The Labute approximate surface area is 117 Å². The molecule has 1 aliphatic rings. The number of anilines is 1. The van der Waals surface area contributed by atoms with Crippen LogP contribution in [-0.2, 0) is 0 Å². The number of halogens is 2. The molecule has 0 radical (unpaired) electrons. The summed E-state index contributed by atoms with van der Waals surface area (Å²) in [7, 11) is 0. The highest BCUT2D eigenvalue weighted by molar-refractivity contribution is 5.54. The van der Waals surface area contributed by atoms with Gasteiger partial charge in [-0.05, 0) is 39.3 Å². The highest BCUT2D eigenvalue weighted by Gasteiger charge is 2.41. The third-order valence-corrected chi connectivity index (χ3v) is 4.10. The average Bonchev–Trinajstić information content (AvgIpc) is 2.70. The Hall–Kier alpha value is -1.67. The third kappa shape index (κ3) is 2.48. The van der Waals surface area contributed by atoms with Crippen molar-refractivity contribution in [3.8, 4) is 6.07 Å². The molecule has 3 nitrogen and oxygen atoms in total. The highest BCUT2D eigenvalue weighted by Crippen LogP contribution is 2.38. The first-order valence-corrected chi connectivity index (χ1v) is 6.64. The lowest BCUT2D eigenvalue weighted by Gasteiger charge is -2.33. The summed E-state index contributed by atoms with van der Waals surface area (Å²) in [5.41, 5.74) is -1.04. The van der Waals surface area contributed by atoms with Crippen molar-refractivity contribution < 1.29 is 13.9 Å². The molecular formula is C15H18F2N2O. The molecule has 20 heavy (non-hydrogen) atoms. The van der Waals surface area contributed by atoms with Crippen LogP contribution in [-0.4, -0.2) is 23.3 Å². The van der Waals surface area contributed by atoms with E-state index < -0.39 is 17.2 Å². The van der Waals surface area contributed by atoms with Gasteiger partial charge in [0, 0.05) is 18.5 Å². The minimum atomic E-state index is -0.895. The Morgan fingerprint density at radius 1 is 1.35 bits per heavy atom. The zero-order valence-corrected chi connectivity index (χ0v) is 11.8. The van der Waals surface area contributed by atoms with Gasteiger partial charge < -0.3 is 10.0 Å². The molecule has 0 amide bonds. The third-order valence-electron chi connectivity index (χ3n) is 4.10. The molecule has 108 valence electrons. The van der Waals surface area contributed by atoms with Gasteiger partial charge in [-0.1, -0.05) is 0 Å². The lowest BCUT2D eigenvalue weighted by atomic mass is 9.85. The number of hydrogen-bond acceptors (Lipinski definition) is 3. The van der Waals surface area contributed by atoms with Crippen LogP contribution < -0.4 is 4.90 Å². The predicted octanol–water partition coefficient (Wildman–Crippen LogP) is 2.82. The molecule has 0 saturated carbocycles. The summed E-state index contributed by atoms with van der Waals surface area (Å²) < 4.78 is 28.1. The largest absolute Gasteiger partial charge is 0.390 e. The smallest absolute Gasteiger partial charge is 0.150 e. The molecule has 1 heterocycles. The number of benzene rings is 1. The zero-order chi connectivity index (χ0) is 15.1. The number of nitriles is 1. The minimum absolute atomic E-state index is 0.0327. The standard InChI is InChI=1S/C15H18F2N2O/c1-9-11(15(2,3)20)4-5-19(9)14-12(16)6-10(8-18)7-13(14)17/h6-7,9,11,20H,4-5H2,1-3H3/t9-,11-/m0/s1. The fourth-order valence-corrected chi connectivity index (χ4v) is 3.10. The Balaban J connectivity index is 2.37. The maximum absolute atomic E-state index is 14.1. The molecule has 2 rings (SSSR count). The Bertz CT molecular complexity index is 537. The molecule has 2 atom stereocenters. The van der Waals surface area contributed by atoms with Gasteiger partial charge in [-0.3, -0.25) is 0 Å². The van der Waals surface area contributed by atoms with Gasteiger partial charge in [0.05, 0.1) is 17.2 Å². The second-order valence-electron chi connectivity index (χ2n) is 5.88. The van der Waals surface area contributed by atoms with Crippen LogP contribution >= 0.6 is 0 Å². The maximum Gasteiger partial charge on any atom is 0.150 e. The molecule has 1 N–H and O–H groups in total. The normalized spacial score (nSPS) is 22.9. The van der Waals surface area contributed by atoms with Crippen molar-refractivity contribution in [1.82, 2.24) is 0 Å². The summed E-state index contributed by atoms with van der Waals surface area (Å²) >= 11 is 0. The van der Waals surface area contributed by atoms with Gasteiger partial charge in [-0.15, -0.1) is 0 Å². The van der Waals surface area contributed by atoms with Gasteiger partial charge in [0.2, 0.25) is 0 Å². The molecule has 0 aliphatic carbocycles. The molecular weight excluding hydrogens is 262 g/mol. The zero-order valence-electron chi connectivity index (χ0n) is 11.8. The number of hydrogen-bond donors (Lipinski definition) is 1. The lowest BCUT2D eigenvalue weighted by molar-refractivity contribution is 0.0156. The van der Waals surface area contributed by atoms with E-state index in [4.69, 9.17) is 5.26 Å². The summed E-state index contributed by atoms with van der Waals surface area (Å²) in [6, 6.07) is 3.65. The molecule has 0 unspecified atom stereocenters. The molecule has 0 bridgehead atoms. The summed E-state index contributed by atoms with van der Waals surface area (Å²) in [6.45, 7) is 5.76. The molecule has 0 spiro atoms. The SMILES string of the molecule is C[C@H]1[C@@H](C(C)(C)O)CCN1c1c(F)cc(C#N)cc1F. The summed E-state index contributed by atoms with van der Waals surface area (Å²) in [5, 5.41) is 18.8. The van der Waals surface area contributed by atoms with E-state index in [0.717, 1.165) is 12.1 Å². The fourth-order valence-electron chi connectivity index (χ4n) is 3.10. The first-order valence-electron chi connectivity index (χ1n) is 6.64. The van der Waals surface area contributed by atoms with E-state index >= 15 is 0 Å². The fraction of sp³-hybridized carbons (Fsp3) is 0.533. The van der Waals surface area contributed by atoms with Crippen LogP contribution in [0.25, 0.3) is 0 Å². The lowest BCUT2D eigenvalue weighted by Crippen LogP contribution is -2.40. The second kappa shape index (κ2) is 5.02. The van der Waals surface area contributed by atoms with Gasteiger partial charge in [-0.25, -0.2) is 8.78 Å². The molecule has 0 aromatic heterocycles. The van der Waals surface area contributed by atoms with Gasteiger partial charge in [-0.2, -0.15) is 5.26 Å². The Morgan fingerprint density at radius 3 is 2.30 bits per heavy atom. The first-order chi connectivity index (χ1) is 9.25. The van der Waals surface area contributed by atoms with E-state index in [9.17, 15) is 13.9 Å². The minimum Gasteiger partial charge on any atom is -0.390 e. The number of nitrogens with zero attached hydrogens (tertiary/aromatic N) is 2. The molecule has 1 aromatic carbocycles. The van der Waals surface area contributed by atoms with Gasteiger partial charge in [0.15, 0.2) is 11.6 Å². The van der Waals surface area contributed by atoms with Crippen LogP contribution in [0.3, 0.4) is 0 Å². The number of aliphatic hydroxyl groups is 1. The second-order valence-corrected chi connectivity index (χ2v) is 5.88. The van der Waals surface area contributed by atoms with Crippen molar-refractivity contribution in [2.75, 3.05) is 11.4 Å². The van der Waals surface area contributed by atoms with E-state index in [1.54, 1.807) is 24.8 Å². The molecule has 1 aromatic rings. The van der Waals surface area contributed by atoms with Gasteiger partial charge >= 0.3 is 0 Å². The van der Waals surface area contributed by atoms with Crippen LogP contribution in [0.15, 0.2) is 12.1 Å². The summed E-state index contributed by atoms with van der Waals surface area (Å²) in [4.78, 5) is 1.63. The van der Waals surface area contributed by atoms with E-state index in [0.29, 0.717) is 13.0 Å². The molecule has 1 fully saturated rings. The predicted molar refractivity (Wildman–Crippen MR) is 72.3 cm³/mol. The van der Waals surface area contributed by atoms with Crippen molar-refractivity contribution in [3.05, 3.63) is 29.3 Å². The Kier molecular flexibility index (Phi) is 3.70.